The Morgan fingerprint density at radius 1 is 1.35 bits per heavy atom. The summed E-state index contributed by atoms with van der Waals surface area (Å²) in [5, 5.41) is 3.52. The molecule has 3 nitrogen and oxygen atoms in total. The van der Waals surface area contributed by atoms with Crippen LogP contribution in [-0.2, 0) is 0 Å². The van der Waals surface area contributed by atoms with Crippen molar-refractivity contribution in [3.05, 3.63) is 32.7 Å². The highest BCUT2D eigenvalue weighted by Crippen LogP contribution is 2.25. The summed E-state index contributed by atoms with van der Waals surface area (Å²) in [6.45, 7) is 5.95. The number of hydrogen-bond donors (Lipinski definition) is 1. The van der Waals surface area contributed by atoms with Crippen molar-refractivity contribution >= 4 is 37.8 Å². The van der Waals surface area contributed by atoms with Crippen LogP contribution in [0.3, 0.4) is 0 Å². The van der Waals surface area contributed by atoms with Gasteiger partial charge in [-0.25, -0.2) is 0 Å². The van der Waals surface area contributed by atoms with Crippen LogP contribution >= 0.6 is 31.9 Å². The van der Waals surface area contributed by atoms with E-state index in [0.717, 1.165) is 40.4 Å². The summed E-state index contributed by atoms with van der Waals surface area (Å²) in [4.78, 5) is 14.9. The smallest absolute Gasteiger partial charge is 0.255 e. The predicted octanol–water partition coefficient (Wildman–Crippen LogP) is 3.81. The Labute approximate surface area is 137 Å². The fourth-order valence-corrected chi connectivity index (χ4v) is 3.34. The van der Waals surface area contributed by atoms with Gasteiger partial charge in [-0.2, -0.15) is 0 Å². The van der Waals surface area contributed by atoms with E-state index in [2.05, 4.69) is 51.0 Å². The fraction of sp³-hybridized carbons (Fsp3) is 0.533. The average Bonchev–Trinajstić information content (AvgIpc) is 2.48. The Hall–Kier alpha value is -0.390. The van der Waals surface area contributed by atoms with E-state index >= 15 is 0 Å². The van der Waals surface area contributed by atoms with Crippen LogP contribution in [0.5, 0.6) is 0 Å². The summed E-state index contributed by atoms with van der Waals surface area (Å²) in [6, 6.07) is 6.41. The van der Waals surface area contributed by atoms with E-state index in [1.165, 1.54) is 0 Å². The molecule has 2 unspecified atom stereocenters. The van der Waals surface area contributed by atoms with Crippen molar-refractivity contribution < 1.29 is 4.79 Å². The Morgan fingerprint density at radius 3 is 2.75 bits per heavy atom. The summed E-state index contributed by atoms with van der Waals surface area (Å²) >= 11 is 6.93. The highest BCUT2D eigenvalue weighted by molar-refractivity contribution is 9.11. The highest BCUT2D eigenvalue weighted by Gasteiger charge is 2.30. The summed E-state index contributed by atoms with van der Waals surface area (Å²) in [6.07, 6.45) is 2.01. The Kier molecular flexibility index (Phi) is 5.64. The van der Waals surface area contributed by atoms with Crippen LogP contribution in [0.1, 0.15) is 37.0 Å². The summed E-state index contributed by atoms with van der Waals surface area (Å²) in [7, 11) is 0. The SMILES string of the molecule is CCC1CN(C(=O)c2cc(Br)ccc2Br)C(CC)CN1. The van der Waals surface area contributed by atoms with Crippen LogP contribution in [0.2, 0.25) is 0 Å². The molecule has 1 aliphatic rings. The van der Waals surface area contributed by atoms with Crippen molar-refractivity contribution in [2.75, 3.05) is 13.1 Å². The minimum atomic E-state index is 0.116. The molecule has 1 amide bonds. The molecular formula is C15H20Br2N2O. The van der Waals surface area contributed by atoms with Gasteiger partial charge in [0.1, 0.15) is 0 Å². The van der Waals surface area contributed by atoms with Gasteiger partial charge < -0.3 is 10.2 Å². The zero-order valence-corrected chi connectivity index (χ0v) is 15.0. The number of benzene rings is 1. The Morgan fingerprint density at radius 2 is 2.10 bits per heavy atom. The molecule has 110 valence electrons. The number of hydrogen-bond acceptors (Lipinski definition) is 2. The first-order chi connectivity index (χ1) is 9.56. The van der Waals surface area contributed by atoms with Gasteiger partial charge in [0, 0.05) is 34.1 Å². The van der Waals surface area contributed by atoms with Crippen molar-refractivity contribution in [3.63, 3.8) is 0 Å². The van der Waals surface area contributed by atoms with E-state index in [-0.39, 0.29) is 11.9 Å². The summed E-state index contributed by atoms with van der Waals surface area (Å²) < 4.78 is 1.78. The zero-order chi connectivity index (χ0) is 14.7. The molecule has 0 aromatic heterocycles. The fourth-order valence-electron chi connectivity index (χ4n) is 2.57. The molecule has 0 saturated carbocycles. The lowest BCUT2D eigenvalue weighted by Gasteiger charge is -2.40. The van der Waals surface area contributed by atoms with Crippen molar-refractivity contribution in [2.45, 2.75) is 38.8 Å². The largest absolute Gasteiger partial charge is 0.333 e. The van der Waals surface area contributed by atoms with Crippen molar-refractivity contribution in [2.24, 2.45) is 0 Å². The molecule has 0 spiro atoms. The van der Waals surface area contributed by atoms with Crippen LogP contribution in [0.25, 0.3) is 0 Å². The molecule has 2 atom stereocenters. The molecule has 0 radical (unpaired) electrons. The summed E-state index contributed by atoms with van der Waals surface area (Å²) in [5.41, 5.74) is 0.731. The van der Waals surface area contributed by atoms with E-state index in [9.17, 15) is 4.79 Å². The zero-order valence-electron chi connectivity index (χ0n) is 11.8. The quantitative estimate of drug-likeness (QED) is 0.831. The van der Waals surface area contributed by atoms with Crippen LogP contribution in [0.4, 0.5) is 0 Å². The second kappa shape index (κ2) is 7.05. The van der Waals surface area contributed by atoms with Crippen LogP contribution in [0, 0.1) is 0 Å². The van der Waals surface area contributed by atoms with Gasteiger partial charge in [-0.1, -0.05) is 29.8 Å². The number of rotatable bonds is 3. The van der Waals surface area contributed by atoms with E-state index in [1.54, 1.807) is 0 Å². The van der Waals surface area contributed by atoms with Gasteiger partial charge in [-0.3, -0.25) is 4.79 Å². The van der Waals surface area contributed by atoms with Gasteiger partial charge in [0.25, 0.3) is 5.91 Å². The molecule has 20 heavy (non-hydrogen) atoms. The molecule has 1 aromatic carbocycles. The van der Waals surface area contributed by atoms with E-state index in [4.69, 9.17) is 0 Å². The molecule has 0 bridgehead atoms. The van der Waals surface area contributed by atoms with Gasteiger partial charge in [-0.15, -0.1) is 0 Å². The van der Waals surface area contributed by atoms with Crippen molar-refractivity contribution in [1.82, 2.24) is 10.2 Å². The lowest BCUT2D eigenvalue weighted by Crippen LogP contribution is -2.57. The predicted molar refractivity (Wildman–Crippen MR) is 89.0 cm³/mol. The maximum atomic E-state index is 12.9. The van der Waals surface area contributed by atoms with Crippen molar-refractivity contribution in [1.29, 1.82) is 0 Å². The lowest BCUT2D eigenvalue weighted by atomic mass is 10.0. The first kappa shape index (κ1) is 16.0. The lowest BCUT2D eigenvalue weighted by molar-refractivity contribution is 0.0575. The monoisotopic (exact) mass is 402 g/mol. The Bertz CT molecular complexity index is 493. The second-order valence-corrected chi connectivity index (χ2v) is 6.93. The van der Waals surface area contributed by atoms with Crippen molar-refractivity contribution in [3.8, 4) is 0 Å². The minimum Gasteiger partial charge on any atom is -0.333 e. The van der Waals surface area contributed by atoms with Crippen LogP contribution in [-0.4, -0.2) is 36.0 Å². The van der Waals surface area contributed by atoms with Gasteiger partial charge in [0.15, 0.2) is 0 Å². The number of carbonyl (C=O) groups is 1. The minimum absolute atomic E-state index is 0.116. The topological polar surface area (TPSA) is 32.3 Å². The number of nitrogens with zero attached hydrogens (tertiary/aromatic N) is 1. The molecule has 1 aliphatic heterocycles. The van der Waals surface area contributed by atoms with Gasteiger partial charge in [0.05, 0.1) is 5.56 Å². The molecule has 5 heteroatoms. The molecule has 1 aromatic rings. The van der Waals surface area contributed by atoms with Crippen LogP contribution in [0.15, 0.2) is 27.1 Å². The standard InChI is InChI=1S/C15H20Br2N2O/c1-3-11-9-19(12(4-2)8-18-11)15(20)13-7-10(16)5-6-14(13)17/h5-7,11-12,18H,3-4,8-9H2,1-2H3. The van der Waals surface area contributed by atoms with E-state index in [1.807, 2.05) is 23.1 Å². The third kappa shape index (κ3) is 3.43. The molecule has 1 heterocycles. The van der Waals surface area contributed by atoms with Gasteiger partial charge in [0.2, 0.25) is 0 Å². The number of halogens is 2. The molecule has 0 aliphatic carbocycles. The second-order valence-electron chi connectivity index (χ2n) is 5.16. The number of amides is 1. The third-order valence-electron chi connectivity index (χ3n) is 3.88. The maximum Gasteiger partial charge on any atom is 0.255 e. The first-order valence-corrected chi connectivity index (χ1v) is 8.64. The third-order valence-corrected chi connectivity index (χ3v) is 5.07. The van der Waals surface area contributed by atoms with Crippen LogP contribution < -0.4 is 5.32 Å². The van der Waals surface area contributed by atoms with E-state index in [0.29, 0.717) is 6.04 Å². The number of carbonyl (C=O) groups excluding carboxylic acids is 1. The summed E-state index contributed by atoms with van der Waals surface area (Å²) in [5.74, 6) is 0.116. The molecule has 2 rings (SSSR count). The van der Waals surface area contributed by atoms with Gasteiger partial charge in [-0.05, 0) is 47.0 Å². The normalized spacial score (nSPS) is 22.9. The van der Waals surface area contributed by atoms with Gasteiger partial charge >= 0.3 is 0 Å². The molecule has 1 fully saturated rings. The molecular weight excluding hydrogens is 384 g/mol. The Balaban J connectivity index is 2.26. The average molecular weight is 404 g/mol. The number of piperazine rings is 1. The first-order valence-electron chi connectivity index (χ1n) is 7.06. The number of nitrogens with one attached hydrogen (secondary N) is 1. The van der Waals surface area contributed by atoms with E-state index < -0.39 is 0 Å². The molecule has 1 saturated heterocycles. The maximum absolute atomic E-state index is 12.9. The highest BCUT2D eigenvalue weighted by atomic mass is 79.9. The molecule has 1 N–H and O–H groups in total.